The summed E-state index contributed by atoms with van der Waals surface area (Å²) in [6.07, 6.45) is 5.22. The van der Waals surface area contributed by atoms with Crippen LogP contribution in [-0.4, -0.2) is 75.6 Å². The molecule has 1 aliphatic carbocycles. The molecule has 0 spiro atoms. The number of fused-ring (bicyclic) bond motifs is 1. The van der Waals surface area contributed by atoms with Crippen molar-refractivity contribution in [1.29, 1.82) is 0 Å². The molecule has 3 atom stereocenters. The van der Waals surface area contributed by atoms with Crippen molar-refractivity contribution in [3.63, 3.8) is 0 Å². The van der Waals surface area contributed by atoms with Crippen molar-refractivity contribution in [3.8, 4) is 0 Å². The Balaban J connectivity index is 1.49. The number of imidazole rings is 1. The Morgan fingerprint density at radius 3 is 2.53 bits per heavy atom. The van der Waals surface area contributed by atoms with Gasteiger partial charge in [-0.05, 0) is 63.5 Å². The molecule has 2 N–H and O–H groups in total. The minimum absolute atomic E-state index is 0.109. The number of hydrogen-bond donors (Lipinski definition) is 2. The SMILES string of the molecule is CCc1nocc1C(=O)N[C@H](c1nc2c(F)c(C3CN(C(=O)OC(C)(C)C)CC3C(=O)N(C)C)ccc2[nH]1)C1CCC(C)CC1. The molecule has 1 aromatic carbocycles. The standard InChI is InChI=1S/C33H45FN6O5/c1-8-24-23(17-44-38-24)30(41)37-27(19-11-9-18(2)10-12-19)29-35-25-14-13-20(26(34)28(25)36-29)21-15-40(32(43)45-33(3,4)5)16-22(21)31(42)39(6)7/h13-14,17-19,21-22,27H,8-12,15-16H2,1-7H3,(H,35,36)(H,37,41)/t18?,19?,21?,22?,27-/m0/s1. The maximum Gasteiger partial charge on any atom is 0.410 e. The minimum Gasteiger partial charge on any atom is -0.444 e. The number of halogens is 1. The number of ether oxygens (including phenoxy) is 1. The number of carbonyl (C=O) groups excluding carboxylic acids is 3. The number of aromatic nitrogens is 3. The van der Waals surface area contributed by atoms with Gasteiger partial charge >= 0.3 is 6.09 Å². The van der Waals surface area contributed by atoms with Crippen molar-refractivity contribution >= 4 is 28.9 Å². The van der Waals surface area contributed by atoms with Gasteiger partial charge in [0.15, 0.2) is 5.82 Å². The van der Waals surface area contributed by atoms with E-state index >= 15 is 4.39 Å². The van der Waals surface area contributed by atoms with E-state index in [0.29, 0.717) is 40.5 Å². The zero-order chi connectivity index (χ0) is 32.6. The molecule has 1 saturated carbocycles. The van der Waals surface area contributed by atoms with Gasteiger partial charge in [-0.2, -0.15) is 0 Å². The number of aromatic amines is 1. The fourth-order valence-electron chi connectivity index (χ4n) is 6.63. The topological polar surface area (TPSA) is 134 Å². The molecule has 2 aromatic heterocycles. The average molecular weight is 625 g/mol. The van der Waals surface area contributed by atoms with Gasteiger partial charge in [0.05, 0.1) is 23.2 Å². The van der Waals surface area contributed by atoms with Crippen LogP contribution in [0.2, 0.25) is 0 Å². The van der Waals surface area contributed by atoms with Gasteiger partial charge in [0.1, 0.15) is 28.8 Å². The van der Waals surface area contributed by atoms with Crippen molar-refractivity contribution in [3.05, 3.63) is 46.9 Å². The second-order valence-corrected chi connectivity index (χ2v) is 13.8. The molecule has 3 heterocycles. The minimum atomic E-state index is -0.708. The van der Waals surface area contributed by atoms with Crippen molar-refractivity contribution in [1.82, 2.24) is 30.2 Å². The highest BCUT2D eigenvalue weighted by atomic mass is 19.1. The first-order valence-electron chi connectivity index (χ1n) is 15.9. The largest absolute Gasteiger partial charge is 0.444 e. The van der Waals surface area contributed by atoms with Gasteiger partial charge in [0, 0.05) is 33.1 Å². The summed E-state index contributed by atoms with van der Waals surface area (Å²) < 4.78 is 27.1. The van der Waals surface area contributed by atoms with Crippen LogP contribution in [0.4, 0.5) is 9.18 Å². The van der Waals surface area contributed by atoms with Crippen LogP contribution in [0, 0.1) is 23.6 Å². The van der Waals surface area contributed by atoms with Crippen LogP contribution < -0.4 is 5.32 Å². The van der Waals surface area contributed by atoms with Gasteiger partial charge in [-0.1, -0.05) is 37.9 Å². The Bertz CT molecular complexity index is 1550. The Hall–Kier alpha value is -3.96. The van der Waals surface area contributed by atoms with Gasteiger partial charge in [0.2, 0.25) is 5.91 Å². The van der Waals surface area contributed by atoms with E-state index < -0.39 is 35.4 Å². The maximum absolute atomic E-state index is 16.5. The normalized spacial score (nSPS) is 22.8. The molecule has 2 unspecified atom stereocenters. The van der Waals surface area contributed by atoms with Gasteiger partial charge in [0.25, 0.3) is 5.91 Å². The van der Waals surface area contributed by atoms with Crippen LogP contribution in [0.5, 0.6) is 0 Å². The third-order valence-electron chi connectivity index (χ3n) is 9.11. The highest BCUT2D eigenvalue weighted by molar-refractivity contribution is 5.95. The summed E-state index contributed by atoms with van der Waals surface area (Å²) in [5, 5.41) is 7.10. The van der Waals surface area contributed by atoms with Crippen molar-refractivity contribution < 1.29 is 28.0 Å². The third-order valence-corrected chi connectivity index (χ3v) is 9.11. The predicted octanol–water partition coefficient (Wildman–Crippen LogP) is 5.59. The third kappa shape index (κ3) is 6.84. The van der Waals surface area contributed by atoms with Gasteiger partial charge in [-0.3, -0.25) is 9.59 Å². The van der Waals surface area contributed by atoms with Crippen LogP contribution in [-0.2, 0) is 16.0 Å². The Morgan fingerprint density at radius 1 is 1.18 bits per heavy atom. The number of H-pyrrole nitrogens is 1. The second kappa shape index (κ2) is 12.8. The van der Waals surface area contributed by atoms with Crippen molar-refractivity contribution in [2.24, 2.45) is 17.8 Å². The molecule has 2 fully saturated rings. The average Bonchev–Trinajstić information content (AvgIpc) is 3.74. The molecule has 3 aromatic rings. The van der Waals surface area contributed by atoms with Crippen molar-refractivity contribution in [2.75, 3.05) is 27.2 Å². The first-order chi connectivity index (χ1) is 21.3. The van der Waals surface area contributed by atoms with Crippen LogP contribution in [0.15, 0.2) is 22.9 Å². The van der Waals surface area contributed by atoms with Crippen LogP contribution >= 0.6 is 0 Å². The zero-order valence-electron chi connectivity index (χ0n) is 27.3. The van der Waals surface area contributed by atoms with E-state index in [-0.39, 0.29) is 36.3 Å². The summed E-state index contributed by atoms with van der Waals surface area (Å²) in [6.45, 7) is 9.73. The van der Waals surface area contributed by atoms with E-state index in [1.165, 1.54) is 16.1 Å². The van der Waals surface area contributed by atoms with Gasteiger partial charge in [-0.15, -0.1) is 0 Å². The molecule has 0 bridgehead atoms. The number of amides is 3. The maximum atomic E-state index is 16.5. The van der Waals surface area contributed by atoms with Crippen molar-refractivity contribution in [2.45, 2.75) is 84.3 Å². The van der Waals surface area contributed by atoms with Crippen LogP contribution in [0.1, 0.15) is 99.7 Å². The molecule has 244 valence electrons. The number of aryl methyl sites for hydroxylation is 1. The smallest absolute Gasteiger partial charge is 0.410 e. The summed E-state index contributed by atoms with van der Waals surface area (Å²) in [5.74, 6) is -1.10. The Labute approximate surface area is 263 Å². The van der Waals surface area contributed by atoms with E-state index in [9.17, 15) is 14.4 Å². The van der Waals surface area contributed by atoms with E-state index in [1.54, 1.807) is 47.0 Å². The number of likely N-dealkylation sites (tertiary alicyclic amines) is 1. The van der Waals surface area contributed by atoms with E-state index in [2.05, 4.69) is 22.4 Å². The summed E-state index contributed by atoms with van der Waals surface area (Å²) in [7, 11) is 3.30. The molecular weight excluding hydrogens is 579 g/mol. The molecule has 3 amide bonds. The fraction of sp³-hybridized carbons (Fsp3) is 0.606. The van der Waals surface area contributed by atoms with E-state index in [4.69, 9.17) is 14.2 Å². The molecule has 45 heavy (non-hydrogen) atoms. The molecule has 0 radical (unpaired) electrons. The molecule has 1 saturated heterocycles. The molecular formula is C33H45FN6O5. The molecule has 1 aliphatic heterocycles. The lowest BCUT2D eigenvalue weighted by atomic mass is 9.79. The van der Waals surface area contributed by atoms with Gasteiger partial charge < -0.3 is 29.4 Å². The van der Waals surface area contributed by atoms with Crippen LogP contribution in [0.25, 0.3) is 11.0 Å². The summed E-state index contributed by atoms with van der Waals surface area (Å²) in [4.78, 5) is 50.6. The Morgan fingerprint density at radius 2 is 1.89 bits per heavy atom. The number of benzene rings is 1. The number of nitrogens with zero attached hydrogens (tertiary/aromatic N) is 4. The number of carbonyl (C=O) groups is 3. The van der Waals surface area contributed by atoms with Gasteiger partial charge in [-0.25, -0.2) is 14.2 Å². The lowest BCUT2D eigenvalue weighted by Gasteiger charge is -2.32. The zero-order valence-corrected chi connectivity index (χ0v) is 27.3. The monoisotopic (exact) mass is 624 g/mol. The predicted molar refractivity (Wildman–Crippen MR) is 166 cm³/mol. The van der Waals surface area contributed by atoms with E-state index in [0.717, 1.165) is 25.7 Å². The Kier molecular flexibility index (Phi) is 9.23. The number of rotatable bonds is 7. The lowest BCUT2D eigenvalue weighted by Crippen LogP contribution is -2.37. The first-order valence-corrected chi connectivity index (χ1v) is 15.9. The van der Waals surface area contributed by atoms with Crippen LogP contribution in [0.3, 0.4) is 0 Å². The number of nitrogens with one attached hydrogen (secondary N) is 2. The number of hydrogen-bond acceptors (Lipinski definition) is 7. The molecule has 5 rings (SSSR count). The highest BCUT2D eigenvalue weighted by Crippen LogP contribution is 2.40. The summed E-state index contributed by atoms with van der Waals surface area (Å²) in [5.41, 5.74) is 1.19. The molecule has 12 heteroatoms. The second-order valence-electron chi connectivity index (χ2n) is 13.8. The lowest BCUT2D eigenvalue weighted by molar-refractivity contribution is -0.132. The highest BCUT2D eigenvalue weighted by Gasteiger charge is 2.44. The fourth-order valence-corrected chi connectivity index (χ4v) is 6.63. The molecule has 11 nitrogen and oxygen atoms in total. The first kappa shape index (κ1) is 32.4. The summed E-state index contributed by atoms with van der Waals surface area (Å²) >= 11 is 0. The van der Waals surface area contributed by atoms with E-state index in [1.807, 2.05) is 6.92 Å². The summed E-state index contributed by atoms with van der Waals surface area (Å²) in [6, 6.07) is 2.95. The quantitative estimate of drug-likeness (QED) is 0.350. The molecule has 2 aliphatic rings.